The standard InChI is InChI=1S/C16H13N3O3/c1-9-3-4-10(2)12(7-9)14-15(18-22)19-6-5-11(16(20)21)8-13(19)17-14/h3-8H,1-2H3,(H,20,21). The van der Waals surface area contributed by atoms with Crippen LogP contribution in [0.25, 0.3) is 16.9 Å². The van der Waals surface area contributed by atoms with Crippen LogP contribution in [0.15, 0.2) is 41.7 Å². The fraction of sp³-hybridized carbons (Fsp3) is 0.125. The van der Waals surface area contributed by atoms with E-state index < -0.39 is 5.97 Å². The second-order valence-electron chi connectivity index (χ2n) is 5.14. The van der Waals surface area contributed by atoms with Gasteiger partial charge in [0.05, 0.1) is 5.56 Å². The van der Waals surface area contributed by atoms with Crippen molar-refractivity contribution in [1.82, 2.24) is 9.38 Å². The van der Waals surface area contributed by atoms with Crippen LogP contribution in [0.1, 0.15) is 21.5 Å². The van der Waals surface area contributed by atoms with Crippen molar-refractivity contribution in [2.75, 3.05) is 0 Å². The molecule has 0 unspecified atom stereocenters. The first-order chi connectivity index (χ1) is 10.5. The summed E-state index contributed by atoms with van der Waals surface area (Å²) in [4.78, 5) is 26.7. The smallest absolute Gasteiger partial charge is 0.335 e. The van der Waals surface area contributed by atoms with Gasteiger partial charge in [0, 0.05) is 11.8 Å². The third-order valence-electron chi connectivity index (χ3n) is 3.58. The van der Waals surface area contributed by atoms with Crippen molar-refractivity contribution in [2.45, 2.75) is 13.8 Å². The zero-order valence-corrected chi connectivity index (χ0v) is 12.1. The van der Waals surface area contributed by atoms with Gasteiger partial charge in [-0.3, -0.25) is 4.40 Å². The van der Waals surface area contributed by atoms with Crippen molar-refractivity contribution in [3.63, 3.8) is 0 Å². The molecule has 6 heteroatoms. The molecule has 0 saturated carbocycles. The highest BCUT2D eigenvalue weighted by atomic mass is 16.4. The molecule has 0 amide bonds. The van der Waals surface area contributed by atoms with Gasteiger partial charge in [-0.15, -0.1) is 4.91 Å². The minimum atomic E-state index is -1.04. The van der Waals surface area contributed by atoms with Crippen LogP contribution in [0, 0.1) is 18.8 Å². The lowest BCUT2D eigenvalue weighted by molar-refractivity contribution is 0.0697. The monoisotopic (exact) mass is 295 g/mol. The van der Waals surface area contributed by atoms with E-state index in [1.165, 1.54) is 22.7 Å². The Morgan fingerprint density at radius 3 is 2.68 bits per heavy atom. The Balaban J connectivity index is 2.31. The number of imidazole rings is 1. The number of aromatic carboxylic acids is 1. The molecule has 0 fully saturated rings. The molecule has 1 N–H and O–H groups in total. The molecule has 0 aliphatic rings. The van der Waals surface area contributed by atoms with Crippen LogP contribution in [0.3, 0.4) is 0 Å². The molecule has 0 atom stereocenters. The number of pyridine rings is 1. The van der Waals surface area contributed by atoms with Crippen molar-refractivity contribution < 1.29 is 9.90 Å². The van der Waals surface area contributed by atoms with E-state index in [0.29, 0.717) is 11.3 Å². The molecule has 110 valence electrons. The van der Waals surface area contributed by atoms with Crippen LogP contribution in [0.4, 0.5) is 5.82 Å². The first-order valence-corrected chi connectivity index (χ1v) is 6.67. The van der Waals surface area contributed by atoms with Gasteiger partial charge in [-0.25, -0.2) is 9.78 Å². The van der Waals surface area contributed by atoms with Crippen LogP contribution >= 0.6 is 0 Å². The number of carbonyl (C=O) groups is 1. The molecular weight excluding hydrogens is 282 g/mol. The van der Waals surface area contributed by atoms with E-state index >= 15 is 0 Å². The number of nitrogens with zero attached hydrogens (tertiary/aromatic N) is 3. The van der Waals surface area contributed by atoms with Gasteiger partial charge in [0.1, 0.15) is 11.3 Å². The molecule has 0 saturated heterocycles. The molecule has 1 aromatic carbocycles. The van der Waals surface area contributed by atoms with Crippen LogP contribution < -0.4 is 0 Å². The highest BCUT2D eigenvalue weighted by molar-refractivity contribution is 5.89. The molecular formula is C16H13N3O3. The summed E-state index contributed by atoms with van der Waals surface area (Å²) in [6.07, 6.45) is 1.50. The number of hydrogen-bond donors (Lipinski definition) is 1. The van der Waals surface area contributed by atoms with E-state index in [2.05, 4.69) is 10.2 Å². The lowest BCUT2D eigenvalue weighted by atomic mass is 10.0. The Labute approximate surface area is 126 Å². The van der Waals surface area contributed by atoms with Gasteiger partial charge in [0.2, 0.25) is 5.82 Å². The zero-order chi connectivity index (χ0) is 15.9. The maximum absolute atomic E-state index is 11.3. The van der Waals surface area contributed by atoms with E-state index in [4.69, 9.17) is 5.11 Å². The van der Waals surface area contributed by atoms with Gasteiger partial charge in [-0.1, -0.05) is 17.7 Å². The van der Waals surface area contributed by atoms with Gasteiger partial charge >= 0.3 is 5.97 Å². The number of benzene rings is 1. The molecule has 0 aliphatic heterocycles. The van der Waals surface area contributed by atoms with Crippen LogP contribution in [0.2, 0.25) is 0 Å². The second-order valence-corrected chi connectivity index (χ2v) is 5.14. The van der Waals surface area contributed by atoms with Crippen LogP contribution in [-0.4, -0.2) is 20.5 Å². The fourth-order valence-electron chi connectivity index (χ4n) is 2.42. The number of carboxylic acids is 1. The maximum Gasteiger partial charge on any atom is 0.335 e. The average molecular weight is 295 g/mol. The summed E-state index contributed by atoms with van der Waals surface area (Å²) in [6.45, 7) is 3.88. The summed E-state index contributed by atoms with van der Waals surface area (Å²) in [5.41, 5.74) is 3.78. The van der Waals surface area contributed by atoms with E-state index in [0.717, 1.165) is 16.7 Å². The summed E-state index contributed by atoms with van der Waals surface area (Å²) in [6, 6.07) is 8.70. The quantitative estimate of drug-likeness (QED) is 0.746. The van der Waals surface area contributed by atoms with Gasteiger partial charge in [-0.05, 0) is 42.8 Å². The predicted molar refractivity (Wildman–Crippen MR) is 82.5 cm³/mol. The van der Waals surface area contributed by atoms with E-state index in [1.54, 1.807) is 0 Å². The van der Waals surface area contributed by atoms with Crippen molar-refractivity contribution in [3.8, 4) is 11.3 Å². The third kappa shape index (κ3) is 2.14. The Kier molecular flexibility index (Phi) is 3.21. The molecule has 3 aromatic rings. The van der Waals surface area contributed by atoms with Gasteiger partial charge in [0.25, 0.3) is 0 Å². The van der Waals surface area contributed by atoms with Crippen molar-refractivity contribution in [2.24, 2.45) is 5.18 Å². The van der Waals surface area contributed by atoms with Gasteiger partial charge < -0.3 is 5.11 Å². The first-order valence-electron chi connectivity index (χ1n) is 6.67. The molecule has 0 radical (unpaired) electrons. The molecule has 22 heavy (non-hydrogen) atoms. The summed E-state index contributed by atoms with van der Waals surface area (Å²) >= 11 is 0. The largest absolute Gasteiger partial charge is 0.478 e. The molecule has 6 nitrogen and oxygen atoms in total. The maximum atomic E-state index is 11.3. The topological polar surface area (TPSA) is 84.0 Å². The Morgan fingerprint density at radius 2 is 2.00 bits per heavy atom. The van der Waals surface area contributed by atoms with Crippen LogP contribution in [0.5, 0.6) is 0 Å². The number of rotatable bonds is 3. The summed E-state index contributed by atoms with van der Waals surface area (Å²) in [5.74, 6) is -0.875. The highest BCUT2D eigenvalue weighted by Crippen LogP contribution is 2.33. The third-order valence-corrected chi connectivity index (χ3v) is 3.58. The zero-order valence-electron chi connectivity index (χ0n) is 12.1. The molecule has 3 rings (SSSR count). The van der Waals surface area contributed by atoms with E-state index in [9.17, 15) is 9.70 Å². The number of carboxylic acid groups (broad SMARTS) is 1. The fourth-order valence-corrected chi connectivity index (χ4v) is 2.42. The van der Waals surface area contributed by atoms with Crippen molar-refractivity contribution >= 4 is 17.4 Å². The van der Waals surface area contributed by atoms with E-state index in [-0.39, 0.29) is 11.4 Å². The number of aryl methyl sites for hydroxylation is 2. The Morgan fingerprint density at radius 1 is 1.23 bits per heavy atom. The number of nitroso groups, excluding NO2 is 1. The minimum Gasteiger partial charge on any atom is -0.478 e. The lowest BCUT2D eigenvalue weighted by Gasteiger charge is -2.04. The second kappa shape index (κ2) is 5.07. The highest BCUT2D eigenvalue weighted by Gasteiger charge is 2.17. The van der Waals surface area contributed by atoms with Crippen molar-refractivity contribution in [1.29, 1.82) is 0 Å². The number of hydrogen-bond acceptors (Lipinski definition) is 4. The summed E-state index contributed by atoms with van der Waals surface area (Å²) < 4.78 is 1.50. The van der Waals surface area contributed by atoms with Crippen LogP contribution in [-0.2, 0) is 0 Å². The van der Waals surface area contributed by atoms with Crippen molar-refractivity contribution in [3.05, 3.63) is 58.1 Å². The SMILES string of the molecule is Cc1ccc(C)c(-c2nc3cc(C(=O)O)ccn3c2N=O)c1. The molecule has 0 aliphatic carbocycles. The van der Waals surface area contributed by atoms with Gasteiger partial charge in [0.15, 0.2) is 0 Å². The minimum absolute atomic E-state index is 0.113. The first kappa shape index (κ1) is 13.9. The molecule has 0 spiro atoms. The normalized spacial score (nSPS) is 10.8. The molecule has 2 heterocycles. The Bertz CT molecular complexity index is 912. The number of fused-ring (bicyclic) bond motifs is 1. The average Bonchev–Trinajstić information content (AvgIpc) is 2.86. The van der Waals surface area contributed by atoms with Gasteiger partial charge in [-0.2, -0.15) is 0 Å². The summed E-state index contributed by atoms with van der Waals surface area (Å²) in [7, 11) is 0. The molecule has 0 bridgehead atoms. The Hall–Kier alpha value is -3.02. The van der Waals surface area contributed by atoms with E-state index in [1.807, 2.05) is 32.0 Å². The molecule has 2 aromatic heterocycles. The number of aromatic nitrogens is 2. The summed E-state index contributed by atoms with van der Waals surface area (Å²) in [5, 5.41) is 12.1. The predicted octanol–water partition coefficient (Wildman–Crippen LogP) is 3.71. The lowest BCUT2D eigenvalue weighted by Crippen LogP contribution is -1.97.